The summed E-state index contributed by atoms with van der Waals surface area (Å²) in [4.78, 5) is 36.0. The first-order valence-electron chi connectivity index (χ1n) is 10.4. The van der Waals surface area contributed by atoms with Crippen molar-refractivity contribution in [3.05, 3.63) is 48.8 Å². The molecule has 1 atom stereocenters. The van der Waals surface area contributed by atoms with Crippen molar-refractivity contribution < 1.29 is 28.6 Å². The SMILES string of the molecule is C=CC/C=C\C/C=C\CCCCCCCC(C(=O)OC)C(=O)/C(=C\C(=O)OC)OC. The van der Waals surface area contributed by atoms with E-state index in [1.165, 1.54) is 21.3 Å². The molecular weight excluding hydrogens is 384 g/mol. The maximum absolute atomic E-state index is 12.6. The van der Waals surface area contributed by atoms with Crippen molar-refractivity contribution in [2.24, 2.45) is 5.92 Å². The molecule has 0 aliphatic heterocycles. The van der Waals surface area contributed by atoms with Crippen LogP contribution in [0.5, 0.6) is 0 Å². The van der Waals surface area contributed by atoms with E-state index in [0.717, 1.165) is 51.0 Å². The molecular formula is C24H36O6. The van der Waals surface area contributed by atoms with Gasteiger partial charge in [0.25, 0.3) is 0 Å². The molecule has 0 aliphatic carbocycles. The van der Waals surface area contributed by atoms with E-state index in [9.17, 15) is 14.4 Å². The van der Waals surface area contributed by atoms with E-state index in [2.05, 4.69) is 35.6 Å². The second-order valence-electron chi connectivity index (χ2n) is 6.72. The number of hydrogen-bond acceptors (Lipinski definition) is 6. The molecule has 6 nitrogen and oxygen atoms in total. The van der Waals surface area contributed by atoms with Gasteiger partial charge in [-0.05, 0) is 32.1 Å². The lowest BCUT2D eigenvalue weighted by molar-refractivity contribution is -0.150. The first-order valence-corrected chi connectivity index (χ1v) is 10.4. The number of allylic oxidation sites excluding steroid dienone is 6. The molecule has 0 aliphatic rings. The van der Waals surface area contributed by atoms with Crippen LogP contribution in [0, 0.1) is 5.92 Å². The van der Waals surface area contributed by atoms with Crippen LogP contribution >= 0.6 is 0 Å². The molecule has 0 fully saturated rings. The van der Waals surface area contributed by atoms with Gasteiger partial charge in [-0.1, -0.05) is 56.1 Å². The van der Waals surface area contributed by atoms with Gasteiger partial charge in [0.2, 0.25) is 5.78 Å². The zero-order valence-corrected chi connectivity index (χ0v) is 18.6. The molecule has 0 aromatic heterocycles. The van der Waals surface area contributed by atoms with Crippen LogP contribution < -0.4 is 0 Å². The smallest absolute Gasteiger partial charge is 0.334 e. The topological polar surface area (TPSA) is 78.9 Å². The van der Waals surface area contributed by atoms with Crippen molar-refractivity contribution >= 4 is 17.7 Å². The number of ketones is 1. The highest BCUT2D eigenvalue weighted by molar-refractivity contribution is 6.09. The van der Waals surface area contributed by atoms with Crippen molar-refractivity contribution in [1.82, 2.24) is 0 Å². The normalized spacial score (nSPS) is 12.7. The quantitative estimate of drug-likeness (QED) is 0.0835. The van der Waals surface area contributed by atoms with E-state index < -0.39 is 23.6 Å². The largest absolute Gasteiger partial charge is 0.493 e. The van der Waals surface area contributed by atoms with Crippen LogP contribution in [-0.4, -0.2) is 39.1 Å². The standard InChI is InChI=1S/C24H36O6/c1-5-6-7-8-9-10-11-12-13-14-15-16-17-18-20(24(27)30-4)23(26)21(28-2)19-22(25)29-3/h5,7-8,10-11,19-20H,1,6,9,12-18H2,2-4H3/b8-7-,11-10-,21-19+. The third-order valence-corrected chi connectivity index (χ3v) is 4.49. The van der Waals surface area contributed by atoms with E-state index >= 15 is 0 Å². The van der Waals surface area contributed by atoms with Gasteiger partial charge in [-0.3, -0.25) is 9.59 Å². The Bertz CT molecular complexity index is 615. The highest BCUT2D eigenvalue weighted by atomic mass is 16.5. The van der Waals surface area contributed by atoms with Crippen LogP contribution in [0.3, 0.4) is 0 Å². The minimum Gasteiger partial charge on any atom is -0.493 e. The summed E-state index contributed by atoms with van der Waals surface area (Å²) in [7, 11) is 3.71. The van der Waals surface area contributed by atoms with Crippen LogP contribution in [0.2, 0.25) is 0 Å². The molecule has 0 aromatic rings. The number of ether oxygens (including phenoxy) is 3. The number of unbranched alkanes of at least 4 members (excludes halogenated alkanes) is 5. The lowest BCUT2D eigenvalue weighted by Gasteiger charge is -2.14. The van der Waals surface area contributed by atoms with Crippen molar-refractivity contribution in [1.29, 1.82) is 0 Å². The van der Waals surface area contributed by atoms with E-state index in [-0.39, 0.29) is 5.76 Å². The minimum absolute atomic E-state index is 0.205. The molecule has 1 unspecified atom stereocenters. The summed E-state index contributed by atoms with van der Waals surface area (Å²) >= 11 is 0. The maximum Gasteiger partial charge on any atom is 0.334 e. The summed E-state index contributed by atoms with van der Waals surface area (Å²) in [6.45, 7) is 3.67. The van der Waals surface area contributed by atoms with Crippen LogP contribution in [0.4, 0.5) is 0 Å². The highest BCUT2D eigenvalue weighted by Gasteiger charge is 2.30. The van der Waals surface area contributed by atoms with E-state index in [0.29, 0.717) is 12.8 Å². The average molecular weight is 421 g/mol. The Morgan fingerprint density at radius 3 is 2.07 bits per heavy atom. The fourth-order valence-electron chi connectivity index (χ4n) is 2.79. The Labute approximate surface area is 180 Å². The van der Waals surface area contributed by atoms with Crippen molar-refractivity contribution in [3.8, 4) is 0 Å². The zero-order valence-electron chi connectivity index (χ0n) is 18.6. The average Bonchev–Trinajstić information content (AvgIpc) is 2.76. The van der Waals surface area contributed by atoms with Gasteiger partial charge in [0.05, 0.1) is 27.4 Å². The molecule has 0 amide bonds. The number of rotatable bonds is 17. The second-order valence-corrected chi connectivity index (χ2v) is 6.72. The molecule has 0 N–H and O–H groups in total. The Morgan fingerprint density at radius 2 is 1.43 bits per heavy atom. The lowest BCUT2D eigenvalue weighted by Crippen LogP contribution is -2.27. The first-order chi connectivity index (χ1) is 14.5. The molecule has 0 saturated heterocycles. The van der Waals surface area contributed by atoms with Crippen LogP contribution in [0.15, 0.2) is 48.8 Å². The molecule has 0 spiro atoms. The molecule has 0 aromatic carbocycles. The third-order valence-electron chi connectivity index (χ3n) is 4.49. The summed E-state index contributed by atoms with van der Waals surface area (Å²) in [6, 6.07) is 0. The summed E-state index contributed by atoms with van der Waals surface area (Å²) in [5.41, 5.74) is 0. The van der Waals surface area contributed by atoms with Gasteiger partial charge in [0, 0.05) is 0 Å². The summed E-state index contributed by atoms with van der Waals surface area (Å²) in [5, 5.41) is 0. The van der Waals surface area contributed by atoms with Crippen molar-refractivity contribution in [3.63, 3.8) is 0 Å². The van der Waals surface area contributed by atoms with Gasteiger partial charge in [-0.25, -0.2) is 4.79 Å². The first kappa shape index (κ1) is 27.4. The lowest BCUT2D eigenvalue weighted by atomic mass is 9.94. The number of esters is 2. The fraction of sp³-hybridized carbons (Fsp3) is 0.542. The van der Waals surface area contributed by atoms with E-state index in [1.54, 1.807) is 0 Å². The third kappa shape index (κ3) is 12.8. The molecule has 6 heteroatoms. The van der Waals surface area contributed by atoms with Crippen LogP contribution in [-0.2, 0) is 28.6 Å². The van der Waals surface area contributed by atoms with E-state index in [4.69, 9.17) is 9.47 Å². The number of Topliss-reactive ketones (excluding diaryl/α,β-unsaturated/α-hetero) is 1. The van der Waals surface area contributed by atoms with Crippen molar-refractivity contribution in [2.45, 2.75) is 57.8 Å². The molecule has 168 valence electrons. The summed E-state index contributed by atoms with van der Waals surface area (Å²) < 4.78 is 14.2. The fourth-order valence-corrected chi connectivity index (χ4v) is 2.79. The van der Waals surface area contributed by atoms with Gasteiger partial charge >= 0.3 is 11.9 Å². The van der Waals surface area contributed by atoms with Crippen molar-refractivity contribution in [2.75, 3.05) is 21.3 Å². The summed E-state index contributed by atoms with van der Waals surface area (Å²) in [6.07, 6.45) is 19.5. The zero-order chi connectivity index (χ0) is 22.6. The summed E-state index contributed by atoms with van der Waals surface area (Å²) in [5.74, 6) is -3.10. The van der Waals surface area contributed by atoms with Gasteiger partial charge in [-0.15, -0.1) is 6.58 Å². The molecule has 30 heavy (non-hydrogen) atoms. The van der Waals surface area contributed by atoms with Crippen LogP contribution in [0.25, 0.3) is 0 Å². The van der Waals surface area contributed by atoms with Crippen LogP contribution in [0.1, 0.15) is 57.8 Å². The maximum atomic E-state index is 12.6. The Morgan fingerprint density at radius 1 is 0.800 bits per heavy atom. The second kappa shape index (κ2) is 18.4. The van der Waals surface area contributed by atoms with Gasteiger partial charge in [0.15, 0.2) is 5.76 Å². The monoisotopic (exact) mass is 420 g/mol. The predicted octanol–water partition coefficient (Wildman–Crippen LogP) is 4.86. The van der Waals surface area contributed by atoms with Gasteiger partial charge in [-0.2, -0.15) is 0 Å². The molecule has 0 bridgehead atoms. The van der Waals surface area contributed by atoms with Gasteiger partial charge in [0.1, 0.15) is 5.92 Å². The molecule has 0 radical (unpaired) electrons. The number of hydrogen-bond donors (Lipinski definition) is 0. The van der Waals surface area contributed by atoms with Gasteiger partial charge < -0.3 is 14.2 Å². The number of methoxy groups -OCH3 is 3. The molecule has 0 rings (SSSR count). The Hall–Kier alpha value is -2.63. The number of carbonyl (C=O) groups excluding carboxylic acids is 3. The Kier molecular flexibility index (Phi) is 16.8. The predicted molar refractivity (Wildman–Crippen MR) is 118 cm³/mol. The molecule has 0 saturated carbocycles. The van der Waals surface area contributed by atoms with E-state index in [1.807, 2.05) is 6.08 Å². The Balaban J connectivity index is 4.28. The minimum atomic E-state index is -0.983. The molecule has 0 heterocycles. The highest BCUT2D eigenvalue weighted by Crippen LogP contribution is 2.19. The number of carbonyl (C=O) groups is 3.